The molecule has 0 unspecified atom stereocenters. The third kappa shape index (κ3) is 5.87. The average Bonchev–Trinajstić information content (AvgIpc) is 3.32. The fourth-order valence-corrected chi connectivity index (χ4v) is 5.70. The van der Waals surface area contributed by atoms with E-state index in [1.807, 2.05) is 25.1 Å². The number of benzene rings is 1. The zero-order valence-electron chi connectivity index (χ0n) is 23.1. The van der Waals surface area contributed by atoms with Crippen LogP contribution in [0.2, 0.25) is 0 Å². The summed E-state index contributed by atoms with van der Waals surface area (Å²) in [7, 11) is 0. The van der Waals surface area contributed by atoms with Gasteiger partial charge < -0.3 is 24.1 Å². The Morgan fingerprint density at radius 1 is 1.21 bits per heavy atom. The molecular weight excluding hydrogens is 486 g/mol. The number of cyclic esters (lactones) is 1. The lowest BCUT2D eigenvalue weighted by molar-refractivity contribution is -0.156. The van der Waals surface area contributed by atoms with Crippen molar-refractivity contribution >= 4 is 22.9 Å². The molecule has 2 N–H and O–H groups in total. The predicted molar refractivity (Wildman–Crippen MR) is 142 cm³/mol. The van der Waals surface area contributed by atoms with E-state index < -0.39 is 35.6 Å². The maximum absolute atomic E-state index is 13.6. The Balaban J connectivity index is 1.63. The Morgan fingerprint density at radius 2 is 1.95 bits per heavy atom. The Hall–Kier alpha value is -2.55. The van der Waals surface area contributed by atoms with Crippen molar-refractivity contribution in [3.05, 3.63) is 42.3 Å². The van der Waals surface area contributed by atoms with E-state index in [1.165, 1.54) is 0 Å². The third-order valence-electron chi connectivity index (χ3n) is 8.54. The van der Waals surface area contributed by atoms with E-state index in [0.29, 0.717) is 29.8 Å². The highest BCUT2D eigenvalue weighted by Crippen LogP contribution is 2.47. The monoisotopic (exact) mass is 527 g/mol. The molecule has 2 fully saturated rings. The molecule has 0 amide bonds. The van der Waals surface area contributed by atoms with E-state index in [4.69, 9.17) is 13.9 Å². The molecule has 0 bridgehead atoms. The molecule has 0 saturated carbocycles. The molecule has 2 aromatic rings. The number of carbonyl (C=O) groups excluding carboxylic acids is 2. The van der Waals surface area contributed by atoms with E-state index in [1.54, 1.807) is 26.8 Å². The topological polar surface area (TPSA) is 122 Å². The van der Waals surface area contributed by atoms with Gasteiger partial charge in [-0.15, -0.1) is 6.58 Å². The number of oxazole rings is 1. The van der Waals surface area contributed by atoms with Crippen LogP contribution in [0.15, 0.2) is 35.3 Å². The van der Waals surface area contributed by atoms with E-state index >= 15 is 0 Å². The number of aliphatic hydroxyl groups is 2. The number of aromatic nitrogens is 1. The SMILES string of the molecule is C=CC[C@H]1C(=O)C(C)(C)[C@@H](O)CC(=O)O[C@H](c2ccc3oc(C)nc3c2)C[C@@H]2O[C@@]2(C)CCC[C@H](C)[C@@H]1O. The number of hydrogen-bond acceptors (Lipinski definition) is 8. The lowest BCUT2D eigenvalue weighted by Crippen LogP contribution is -2.46. The highest BCUT2D eigenvalue weighted by Gasteiger charge is 2.53. The predicted octanol–water partition coefficient (Wildman–Crippen LogP) is 4.99. The van der Waals surface area contributed by atoms with E-state index in [9.17, 15) is 19.8 Å². The van der Waals surface area contributed by atoms with Crippen molar-refractivity contribution in [2.75, 3.05) is 0 Å². The highest BCUT2D eigenvalue weighted by atomic mass is 16.6. The molecule has 8 heteroatoms. The van der Waals surface area contributed by atoms with Gasteiger partial charge in [-0.1, -0.05) is 39.3 Å². The summed E-state index contributed by atoms with van der Waals surface area (Å²) >= 11 is 0. The van der Waals surface area contributed by atoms with Crippen LogP contribution in [0.5, 0.6) is 0 Å². The van der Waals surface area contributed by atoms with Crippen molar-refractivity contribution in [2.45, 2.75) is 103 Å². The van der Waals surface area contributed by atoms with Crippen molar-refractivity contribution in [2.24, 2.45) is 17.3 Å². The van der Waals surface area contributed by atoms with Gasteiger partial charge in [0.1, 0.15) is 17.4 Å². The first kappa shape index (κ1) is 28.5. The lowest BCUT2D eigenvalue weighted by atomic mass is 9.71. The molecule has 1 aromatic carbocycles. The van der Waals surface area contributed by atoms with Gasteiger partial charge >= 0.3 is 5.97 Å². The van der Waals surface area contributed by atoms with Gasteiger partial charge in [0, 0.05) is 19.3 Å². The number of ether oxygens (including phenoxy) is 2. The molecular formula is C30H41NO7. The number of fused-ring (bicyclic) bond motifs is 2. The molecule has 2 saturated heterocycles. The van der Waals surface area contributed by atoms with Crippen molar-refractivity contribution in [1.29, 1.82) is 0 Å². The van der Waals surface area contributed by atoms with Gasteiger partial charge in [-0.05, 0) is 49.8 Å². The van der Waals surface area contributed by atoms with E-state index in [-0.39, 0.29) is 29.8 Å². The van der Waals surface area contributed by atoms with Crippen molar-refractivity contribution in [3.8, 4) is 0 Å². The molecule has 1 aromatic heterocycles. The summed E-state index contributed by atoms with van der Waals surface area (Å²) in [5, 5.41) is 22.2. The fraction of sp³-hybridized carbons (Fsp3) is 0.633. The Kier molecular flexibility index (Phi) is 8.17. The summed E-state index contributed by atoms with van der Waals surface area (Å²) in [5.74, 6) is -1.19. The zero-order valence-corrected chi connectivity index (χ0v) is 23.1. The standard InChI is InChI=1S/C30H41NO7/c1-7-9-20-27(34)17(2)10-8-13-30(6)25(38-30)15-23(19-11-12-22-21(14-19)31-18(3)36-22)37-26(33)16-24(32)29(4,5)28(20)35/h7,11-12,14,17,20,23-25,27,32,34H,1,8-10,13,15-16H2,2-6H3/t17-,20+,23-,24-,25-,27-,30-/m0/s1. The Morgan fingerprint density at radius 3 is 2.66 bits per heavy atom. The molecule has 8 nitrogen and oxygen atoms in total. The van der Waals surface area contributed by atoms with Gasteiger partial charge in [-0.3, -0.25) is 9.59 Å². The fourth-order valence-electron chi connectivity index (χ4n) is 5.70. The number of nitrogens with zero attached hydrogens (tertiary/aromatic N) is 1. The molecule has 208 valence electrons. The molecule has 0 radical (unpaired) electrons. The van der Waals surface area contributed by atoms with Gasteiger partial charge in [0.25, 0.3) is 0 Å². The van der Waals surface area contributed by atoms with Crippen LogP contribution in [0.3, 0.4) is 0 Å². The van der Waals surface area contributed by atoms with Gasteiger partial charge in [-0.2, -0.15) is 0 Å². The molecule has 2 aliphatic heterocycles. The smallest absolute Gasteiger partial charge is 0.309 e. The largest absolute Gasteiger partial charge is 0.457 e. The summed E-state index contributed by atoms with van der Waals surface area (Å²) in [6.07, 6.45) is 1.50. The summed E-state index contributed by atoms with van der Waals surface area (Å²) in [6.45, 7) is 12.8. The van der Waals surface area contributed by atoms with Crippen LogP contribution in [0.25, 0.3) is 11.1 Å². The van der Waals surface area contributed by atoms with Crippen molar-refractivity contribution < 1.29 is 33.7 Å². The molecule has 2 aliphatic rings. The summed E-state index contributed by atoms with van der Waals surface area (Å²) in [4.78, 5) is 31.1. The minimum absolute atomic E-state index is 0.0976. The minimum atomic E-state index is -1.28. The third-order valence-corrected chi connectivity index (χ3v) is 8.54. The number of aryl methyl sites for hydroxylation is 1. The Bertz CT molecular complexity index is 1190. The number of hydrogen-bond donors (Lipinski definition) is 2. The number of epoxide rings is 1. The number of allylic oxidation sites excluding steroid dienone is 1. The number of ketones is 1. The minimum Gasteiger partial charge on any atom is -0.457 e. The van der Waals surface area contributed by atoms with Crippen LogP contribution < -0.4 is 0 Å². The number of carbonyl (C=O) groups is 2. The number of rotatable bonds is 3. The summed E-state index contributed by atoms with van der Waals surface area (Å²) in [5.41, 5.74) is 0.481. The number of aliphatic hydroxyl groups excluding tert-OH is 2. The van der Waals surface area contributed by atoms with Crippen molar-refractivity contribution in [3.63, 3.8) is 0 Å². The van der Waals surface area contributed by atoms with E-state index in [2.05, 4.69) is 18.5 Å². The zero-order chi connectivity index (χ0) is 27.8. The molecule has 38 heavy (non-hydrogen) atoms. The van der Waals surface area contributed by atoms with Crippen LogP contribution in [0.1, 0.15) is 83.8 Å². The van der Waals surface area contributed by atoms with Gasteiger partial charge in [0.2, 0.25) is 0 Å². The second-order valence-electron chi connectivity index (χ2n) is 11.9. The van der Waals surface area contributed by atoms with Gasteiger partial charge in [0.15, 0.2) is 11.5 Å². The molecule has 4 rings (SSSR count). The molecule has 0 spiro atoms. The normalized spacial score (nSPS) is 34.9. The first-order valence-electron chi connectivity index (χ1n) is 13.6. The summed E-state index contributed by atoms with van der Waals surface area (Å²) in [6, 6.07) is 5.53. The first-order chi connectivity index (χ1) is 17.9. The van der Waals surface area contributed by atoms with Gasteiger partial charge in [0.05, 0.1) is 35.7 Å². The lowest BCUT2D eigenvalue weighted by Gasteiger charge is -2.35. The number of esters is 1. The average molecular weight is 528 g/mol. The second kappa shape index (κ2) is 10.9. The quantitative estimate of drug-likeness (QED) is 0.325. The summed E-state index contributed by atoms with van der Waals surface area (Å²) < 4.78 is 17.6. The molecule has 7 atom stereocenters. The van der Waals surface area contributed by atoms with Crippen LogP contribution in [-0.2, 0) is 19.1 Å². The van der Waals surface area contributed by atoms with E-state index in [0.717, 1.165) is 24.8 Å². The van der Waals surface area contributed by atoms with Crippen LogP contribution in [0.4, 0.5) is 0 Å². The second-order valence-corrected chi connectivity index (χ2v) is 11.9. The highest BCUT2D eigenvalue weighted by molar-refractivity contribution is 5.88. The van der Waals surface area contributed by atoms with Crippen molar-refractivity contribution in [1.82, 2.24) is 4.98 Å². The first-order valence-corrected chi connectivity index (χ1v) is 13.6. The molecule has 0 aliphatic carbocycles. The van der Waals surface area contributed by atoms with Crippen LogP contribution in [0, 0.1) is 24.2 Å². The maximum Gasteiger partial charge on any atom is 0.309 e. The molecule has 3 heterocycles. The van der Waals surface area contributed by atoms with Gasteiger partial charge in [-0.25, -0.2) is 4.98 Å². The van der Waals surface area contributed by atoms with Crippen LogP contribution >= 0.6 is 0 Å². The maximum atomic E-state index is 13.6. The number of Topliss-reactive ketones (excluding diaryl/α,β-unsaturated/α-hetero) is 1. The Labute approximate surface area is 224 Å². The van der Waals surface area contributed by atoms with Crippen LogP contribution in [-0.4, -0.2) is 50.9 Å².